The monoisotopic (exact) mass is 344 g/mol. The Morgan fingerprint density at radius 2 is 1.91 bits per heavy atom. The summed E-state index contributed by atoms with van der Waals surface area (Å²) in [4.78, 5) is 25.2. The number of hydrogen-bond donors (Lipinski definition) is 1. The lowest BCUT2D eigenvalue weighted by molar-refractivity contribution is -0.135. The molecule has 1 aromatic heterocycles. The van der Waals surface area contributed by atoms with Crippen molar-refractivity contribution in [3.63, 3.8) is 0 Å². The van der Waals surface area contributed by atoms with Gasteiger partial charge in [0, 0.05) is 32.4 Å². The summed E-state index contributed by atoms with van der Waals surface area (Å²) in [5.41, 5.74) is -0.0574. The van der Waals surface area contributed by atoms with E-state index in [4.69, 9.17) is 5.11 Å². The number of nitrogens with zero attached hydrogens (tertiary/aromatic N) is 4. The normalized spacial score (nSPS) is 17.9. The Labute approximate surface area is 134 Å². The molecule has 1 unspecified atom stereocenters. The fraction of sp³-hybridized carbons (Fsp3) is 0.615. The molecule has 2 rings (SSSR count). The number of aromatic carboxylic acids is 1. The third-order valence-electron chi connectivity index (χ3n) is 3.92. The molecule has 1 N–H and O–H groups in total. The SMILES string of the molecule is CCS(=O)(=O)N1CCN(C(=O)C(C)n2nccc2C(=O)O)CC1. The van der Waals surface area contributed by atoms with Crippen molar-refractivity contribution in [2.45, 2.75) is 19.9 Å². The molecule has 1 aliphatic rings. The highest BCUT2D eigenvalue weighted by atomic mass is 32.2. The number of aromatic nitrogens is 2. The molecule has 128 valence electrons. The highest BCUT2D eigenvalue weighted by molar-refractivity contribution is 7.89. The molecule has 0 radical (unpaired) electrons. The number of amides is 1. The van der Waals surface area contributed by atoms with Crippen LogP contribution >= 0.6 is 0 Å². The lowest BCUT2D eigenvalue weighted by Gasteiger charge is -2.35. The van der Waals surface area contributed by atoms with Crippen LogP contribution in [0.3, 0.4) is 0 Å². The van der Waals surface area contributed by atoms with E-state index in [1.165, 1.54) is 21.3 Å². The van der Waals surface area contributed by atoms with Crippen molar-refractivity contribution in [1.82, 2.24) is 19.0 Å². The summed E-state index contributed by atoms with van der Waals surface area (Å²) in [7, 11) is -3.25. The Bertz CT molecular complexity index is 691. The summed E-state index contributed by atoms with van der Waals surface area (Å²) in [5, 5.41) is 13.0. The second-order valence-corrected chi connectivity index (χ2v) is 7.52. The van der Waals surface area contributed by atoms with Gasteiger partial charge in [0.25, 0.3) is 0 Å². The first-order valence-electron chi connectivity index (χ1n) is 7.31. The van der Waals surface area contributed by atoms with Crippen molar-refractivity contribution in [3.05, 3.63) is 18.0 Å². The molecule has 10 heteroatoms. The van der Waals surface area contributed by atoms with E-state index in [0.29, 0.717) is 0 Å². The smallest absolute Gasteiger partial charge is 0.354 e. The van der Waals surface area contributed by atoms with Gasteiger partial charge in [0.15, 0.2) is 0 Å². The standard InChI is InChI=1S/C13H20N4O5S/c1-3-23(21,22)16-8-6-15(7-9-16)12(18)10(2)17-11(13(19)20)4-5-14-17/h4-5,10H,3,6-9H2,1-2H3,(H,19,20). The number of carboxylic acids is 1. The quantitative estimate of drug-likeness (QED) is 0.780. The van der Waals surface area contributed by atoms with E-state index < -0.39 is 22.0 Å². The lowest BCUT2D eigenvalue weighted by atomic mass is 10.2. The second-order valence-electron chi connectivity index (χ2n) is 5.27. The molecule has 0 aliphatic carbocycles. The fourth-order valence-corrected chi connectivity index (χ4v) is 3.62. The Hall–Kier alpha value is -1.94. The maximum absolute atomic E-state index is 12.5. The minimum atomic E-state index is -3.25. The fourth-order valence-electron chi connectivity index (χ4n) is 2.53. The minimum Gasteiger partial charge on any atom is -0.477 e. The number of sulfonamides is 1. The highest BCUT2D eigenvalue weighted by Gasteiger charge is 2.31. The molecule has 23 heavy (non-hydrogen) atoms. The van der Waals surface area contributed by atoms with Gasteiger partial charge in [-0.1, -0.05) is 0 Å². The first kappa shape index (κ1) is 17.4. The molecular formula is C13H20N4O5S. The van der Waals surface area contributed by atoms with Crippen LogP contribution in [0.2, 0.25) is 0 Å². The summed E-state index contributed by atoms with van der Waals surface area (Å²) in [6.45, 7) is 4.23. The maximum atomic E-state index is 12.5. The van der Waals surface area contributed by atoms with Gasteiger partial charge in [-0.15, -0.1) is 0 Å². The van der Waals surface area contributed by atoms with Crippen LogP contribution in [-0.4, -0.2) is 76.3 Å². The zero-order valence-electron chi connectivity index (χ0n) is 13.0. The van der Waals surface area contributed by atoms with Gasteiger partial charge in [0.05, 0.1) is 5.75 Å². The summed E-state index contributed by atoms with van der Waals surface area (Å²) in [5.74, 6) is -1.39. The van der Waals surface area contributed by atoms with Crippen molar-refractivity contribution in [2.24, 2.45) is 0 Å². The molecule has 0 aromatic carbocycles. The van der Waals surface area contributed by atoms with Gasteiger partial charge >= 0.3 is 5.97 Å². The van der Waals surface area contributed by atoms with E-state index in [0.717, 1.165) is 0 Å². The lowest BCUT2D eigenvalue weighted by Crippen LogP contribution is -2.52. The number of carboxylic acid groups (broad SMARTS) is 1. The average Bonchev–Trinajstić information content (AvgIpc) is 3.03. The van der Waals surface area contributed by atoms with Crippen molar-refractivity contribution in [3.8, 4) is 0 Å². The zero-order valence-corrected chi connectivity index (χ0v) is 13.9. The largest absolute Gasteiger partial charge is 0.477 e. The van der Waals surface area contributed by atoms with E-state index >= 15 is 0 Å². The number of hydrogen-bond acceptors (Lipinski definition) is 5. The second kappa shape index (κ2) is 6.67. The predicted molar refractivity (Wildman–Crippen MR) is 81.5 cm³/mol. The van der Waals surface area contributed by atoms with E-state index in [1.54, 1.807) is 18.7 Å². The van der Waals surface area contributed by atoms with Gasteiger partial charge < -0.3 is 10.0 Å². The summed E-state index contributed by atoms with van der Waals surface area (Å²) in [6.07, 6.45) is 1.33. The van der Waals surface area contributed by atoms with Crippen LogP contribution in [0.5, 0.6) is 0 Å². The first-order chi connectivity index (χ1) is 10.8. The number of piperazine rings is 1. The molecule has 0 bridgehead atoms. The van der Waals surface area contributed by atoms with Crippen LogP contribution in [0.4, 0.5) is 0 Å². The average molecular weight is 344 g/mol. The zero-order chi connectivity index (χ0) is 17.2. The van der Waals surface area contributed by atoms with E-state index in [9.17, 15) is 18.0 Å². The molecule has 1 aliphatic heterocycles. The van der Waals surface area contributed by atoms with Gasteiger partial charge in [0.2, 0.25) is 15.9 Å². The van der Waals surface area contributed by atoms with E-state index in [2.05, 4.69) is 5.10 Å². The molecule has 1 atom stereocenters. The van der Waals surface area contributed by atoms with Crippen LogP contribution < -0.4 is 0 Å². The van der Waals surface area contributed by atoms with Crippen LogP contribution in [0.1, 0.15) is 30.4 Å². The molecule has 9 nitrogen and oxygen atoms in total. The molecule has 2 heterocycles. The summed E-state index contributed by atoms with van der Waals surface area (Å²) in [6, 6.07) is 0.572. The molecule has 0 spiro atoms. The molecule has 1 saturated heterocycles. The van der Waals surface area contributed by atoms with Crippen LogP contribution in [-0.2, 0) is 14.8 Å². The predicted octanol–water partition coefficient (Wildman–Crippen LogP) is -0.364. The third-order valence-corrected chi connectivity index (χ3v) is 5.80. The Balaban J connectivity index is 2.05. The number of carbonyl (C=O) groups is 2. The Kier molecular flexibility index (Phi) is 5.05. The van der Waals surface area contributed by atoms with E-state index in [-0.39, 0.29) is 43.5 Å². The Morgan fingerprint density at radius 3 is 2.43 bits per heavy atom. The molecule has 0 saturated carbocycles. The van der Waals surface area contributed by atoms with Crippen molar-refractivity contribution in [2.75, 3.05) is 31.9 Å². The third kappa shape index (κ3) is 3.53. The Morgan fingerprint density at radius 1 is 1.30 bits per heavy atom. The van der Waals surface area contributed by atoms with Crippen molar-refractivity contribution >= 4 is 21.9 Å². The van der Waals surface area contributed by atoms with Crippen LogP contribution in [0.15, 0.2) is 12.3 Å². The van der Waals surface area contributed by atoms with E-state index in [1.807, 2.05) is 0 Å². The maximum Gasteiger partial charge on any atom is 0.354 e. The molecule has 1 aromatic rings. The molecular weight excluding hydrogens is 324 g/mol. The highest BCUT2D eigenvalue weighted by Crippen LogP contribution is 2.15. The van der Waals surface area contributed by atoms with Crippen molar-refractivity contribution in [1.29, 1.82) is 0 Å². The van der Waals surface area contributed by atoms with Gasteiger partial charge in [0.1, 0.15) is 11.7 Å². The topological polar surface area (TPSA) is 113 Å². The van der Waals surface area contributed by atoms with Crippen molar-refractivity contribution < 1.29 is 23.1 Å². The van der Waals surface area contributed by atoms with Crippen LogP contribution in [0, 0.1) is 0 Å². The van der Waals surface area contributed by atoms with Crippen LogP contribution in [0.25, 0.3) is 0 Å². The number of rotatable bonds is 5. The van der Waals surface area contributed by atoms with Gasteiger partial charge in [-0.3, -0.25) is 4.79 Å². The summed E-state index contributed by atoms with van der Waals surface area (Å²) < 4.78 is 26.2. The first-order valence-corrected chi connectivity index (χ1v) is 8.92. The summed E-state index contributed by atoms with van der Waals surface area (Å²) >= 11 is 0. The molecule has 1 amide bonds. The minimum absolute atomic E-state index is 0.0343. The van der Waals surface area contributed by atoms with Gasteiger partial charge in [-0.05, 0) is 19.9 Å². The number of carbonyl (C=O) groups excluding carboxylic acids is 1. The van der Waals surface area contributed by atoms with Gasteiger partial charge in [-0.25, -0.2) is 17.9 Å². The van der Waals surface area contributed by atoms with Gasteiger partial charge in [-0.2, -0.15) is 9.40 Å². The molecule has 1 fully saturated rings.